The number of rotatable bonds is 8. The average molecular weight is 449 g/mol. The molecule has 2 aromatic carbocycles. The van der Waals surface area contributed by atoms with E-state index in [0.29, 0.717) is 5.56 Å². The van der Waals surface area contributed by atoms with Gasteiger partial charge in [-0.1, -0.05) is 5.10 Å². The second kappa shape index (κ2) is 9.28. The highest BCUT2D eigenvalue weighted by molar-refractivity contribution is 8.00. The topological polar surface area (TPSA) is 115 Å². The van der Waals surface area contributed by atoms with Gasteiger partial charge in [0.1, 0.15) is 5.75 Å². The van der Waals surface area contributed by atoms with Crippen LogP contribution in [-0.2, 0) is 14.8 Å². The number of carbonyl (C=O) groups excluding carboxylic acids is 1. The fourth-order valence-corrected chi connectivity index (χ4v) is 3.95. The Morgan fingerprint density at radius 2 is 1.77 bits per heavy atom. The van der Waals surface area contributed by atoms with Crippen molar-refractivity contribution in [3.63, 3.8) is 0 Å². The number of sulfonamides is 1. The lowest BCUT2D eigenvalue weighted by atomic mass is 10.2. The van der Waals surface area contributed by atoms with Gasteiger partial charge >= 0.3 is 6.01 Å². The molecule has 0 spiro atoms. The van der Waals surface area contributed by atoms with Crippen molar-refractivity contribution in [2.24, 2.45) is 0 Å². The van der Waals surface area contributed by atoms with Gasteiger partial charge in [0.05, 0.1) is 17.8 Å². The molecule has 11 heteroatoms. The number of nitrogens with one attached hydrogen (secondary N) is 1. The monoisotopic (exact) mass is 448 g/mol. The molecule has 0 radical (unpaired) electrons. The molecule has 30 heavy (non-hydrogen) atoms. The zero-order valence-corrected chi connectivity index (χ0v) is 18.2. The van der Waals surface area contributed by atoms with Gasteiger partial charge in [-0.25, -0.2) is 12.7 Å². The van der Waals surface area contributed by atoms with Gasteiger partial charge in [0.25, 0.3) is 0 Å². The first-order chi connectivity index (χ1) is 14.3. The van der Waals surface area contributed by atoms with Gasteiger partial charge in [0.15, 0.2) is 0 Å². The van der Waals surface area contributed by atoms with Crippen molar-refractivity contribution >= 4 is 33.7 Å². The molecule has 0 atom stereocenters. The molecule has 3 rings (SSSR count). The van der Waals surface area contributed by atoms with Crippen LogP contribution < -0.4 is 10.1 Å². The van der Waals surface area contributed by atoms with Crippen molar-refractivity contribution in [3.05, 3.63) is 48.5 Å². The molecule has 158 valence electrons. The molecule has 0 aliphatic carbocycles. The lowest BCUT2D eigenvalue weighted by Crippen LogP contribution is -2.22. The van der Waals surface area contributed by atoms with Crippen LogP contribution in [0.5, 0.6) is 5.75 Å². The van der Waals surface area contributed by atoms with Gasteiger partial charge in [-0.15, -0.1) is 16.9 Å². The van der Waals surface area contributed by atoms with Crippen LogP contribution in [0.2, 0.25) is 0 Å². The fourth-order valence-electron chi connectivity index (χ4n) is 2.35. The Morgan fingerprint density at radius 3 is 2.37 bits per heavy atom. The third-order valence-corrected chi connectivity index (χ3v) is 6.82. The summed E-state index contributed by atoms with van der Waals surface area (Å²) in [7, 11) is 0.995. The number of hydrogen-bond acceptors (Lipinski definition) is 8. The summed E-state index contributed by atoms with van der Waals surface area (Å²) in [4.78, 5) is 13.2. The summed E-state index contributed by atoms with van der Waals surface area (Å²) in [5.41, 5.74) is 0.535. The van der Waals surface area contributed by atoms with E-state index in [4.69, 9.17) is 9.15 Å². The molecule has 1 aromatic heterocycles. The normalized spacial score (nSPS) is 11.5. The summed E-state index contributed by atoms with van der Waals surface area (Å²) < 4.78 is 35.9. The third kappa shape index (κ3) is 5.17. The van der Waals surface area contributed by atoms with E-state index in [0.717, 1.165) is 15.0 Å². The quantitative estimate of drug-likeness (QED) is 0.523. The lowest BCUT2D eigenvalue weighted by molar-refractivity contribution is -0.113. The van der Waals surface area contributed by atoms with E-state index in [1.54, 1.807) is 19.2 Å². The van der Waals surface area contributed by atoms with Gasteiger partial charge in [-0.2, -0.15) is 0 Å². The van der Waals surface area contributed by atoms with E-state index in [9.17, 15) is 13.2 Å². The number of hydrogen-bond donors (Lipinski definition) is 1. The zero-order chi connectivity index (χ0) is 21.7. The summed E-state index contributed by atoms with van der Waals surface area (Å²) in [5.74, 6) is 0.788. The zero-order valence-electron chi connectivity index (χ0n) is 16.5. The second-order valence-corrected chi connectivity index (χ2v) is 9.44. The molecule has 1 N–H and O–H groups in total. The van der Waals surface area contributed by atoms with Gasteiger partial charge in [-0.05, 0) is 48.5 Å². The largest absolute Gasteiger partial charge is 0.497 e. The van der Waals surface area contributed by atoms with E-state index in [2.05, 4.69) is 15.5 Å². The Kier molecular flexibility index (Phi) is 6.75. The van der Waals surface area contributed by atoms with Crippen molar-refractivity contribution in [1.82, 2.24) is 14.5 Å². The summed E-state index contributed by atoms with van der Waals surface area (Å²) in [6, 6.07) is 13.4. The minimum atomic E-state index is -3.52. The molecule has 1 amide bonds. The molecule has 9 nitrogen and oxygen atoms in total. The maximum atomic E-state index is 12.1. The summed E-state index contributed by atoms with van der Waals surface area (Å²) in [6.07, 6.45) is 0. The van der Waals surface area contributed by atoms with Crippen molar-refractivity contribution in [2.75, 3.05) is 32.3 Å². The van der Waals surface area contributed by atoms with Crippen molar-refractivity contribution in [3.8, 4) is 17.2 Å². The minimum absolute atomic E-state index is 0.0321. The highest BCUT2D eigenvalue weighted by Gasteiger charge is 2.18. The smallest absolute Gasteiger partial charge is 0.322 e. The lowest BCUT2D eigenvalue weighted by Gasteiger charge is -2.11. The number of amides is 1. The van der Waals surface area contributed by atoms with Gasteiger partial charge in [0, 0.05) is 24.6 Å². The van der Waals surface area contributed by atoms with Crippen LogP contribution in [0.25, 0.3) is 11.5 Å². The number of anilines is 1. The maximum Gasteiger partial charge on any atom is 0.322 e. The molecular weight excluding hydrogens is 428 g/mol. The SMILES string of the molecule is COc1ccc(SCC(=O)Nc2nnc(-c3ccc(S(=O)(=O)N(C)C)cc3)o2)cc1. The molecule has 1 heterocycles. The van der Waals surface area contributed by atoms with E-state index in [1.807, 2.05) is 24.3 Å². The fraction of sp³-hybridized carbons (Fsp3) is 0.211. The Morgan fingerprint density at radius 1 is 1.10 bits per heavy atom. The van der Waals surface area contributed by atoms with Crippen LogP contribution in [0.4, 0.5) is 6.01 Å². The first kappa shape index (κ1) is 21.8. The van der Waals surface area contributed by atoms with Crippen molar-refractivity contribution in [1.29, 1.82) is 0 Å². The van der Waals surface area contributed by atoms with Gasteiger partial charge < -0.3 is 9.15 Å². The number of aromatic nitrogens is 2. The Bertz CT molecular complexity index is 1110. The number of ether oxygens (including phenoxy) is 1. The second-order valence-electron chi connectivity index (χ2n) is 6.24. The molecule has 0 fully saturated rings. The minimum Gasteiger partial charge on any atom is -0.497 e. The Hall–Kier alpha value is -2.89. The molecule has 0 unspecified atom stereocenters. The average Bonchev–Trinajstić information content (AvgIpc) is 3.21. The molecule has 0 saturated heterocycles. The van der Waals surface area contributed by atoms with E-state index in [-0.39, 0.29) is 28.5 Å². The van der Waals surface area contributed by atoms with Crippen LogP contribution >= 0.6 is 11.8 Å². The summed E-state index contributed by atoms with van der Waals surface area (Å²) >= 11 is 1.36. The molecular formula is C19H20N4O5S2. The molecule has 0 aliphatic heterocycles. The summed E-state index contributed by atoms with van der Waals surface area (Å²) in [6.45, 7) is 0. The van der Waals surface area contributed by atoms with Crippen LogP contribution in [0.1, 0.15) is 0 Å². The number of carbonyl (C=O) groups is 1. The number of methoxy groups -OCH3 is 1. The van der Waals surface area contributed by atoms with Crippen molar-refractivity contribution < 1.29 is 22.4 Å². The van der Waals surface area contributed by atoms with Crippen LogP contribution in [0.15, 0.2) is 62.7 Å². The van der Waals surface area contributed by atoms with E-state index < -0.39 is 10.0 Å². The predicted molar refractivity (Wildman–Crippen MR) is 113 cm³/mol. The Labute approximate surface area is 178 Å². The third-order valence-electron chi connectivity index (χ3n) is 3.98. The maximum absolute atomic E-state index is 12.1. The summed E-state index contributed by atoms with van der Waals surface area (Å²) in [5, 5.41) is 10.2. The van der Waals surface area contributed by atoms with Crippen LogP contribution in [0, 0.1) is 0 Å². The van der Waals surface area contributed by atoms with Crippen LogP contribution in [0.3, 0.4) is 0 Å². The molecule has 0 bridgehead atoms. The van der Waals surface area contributed by atoms with Crippen molar-refractivity contribution in [2.45, 2.75) is 9.79 Å². The van der Waals surface area contributed by atoms with Gasteiger partial charge in [-0.3, -0.25) is 10.1 Å². The molecule has 3 aromatic rings. The highest BCUT2D eigenvalue weighted by Crippen LogP contribution is 2.24. The number of nitrogens with zero attached hydrogens (tertiary/aromatic N) is 3. The molecule has 0 saturated carbocycles. The highest BCUT2D eigenvalue weighted by atomic mass is 32.2. The number of thioether (sulfide) groups is 1. The van der Waals surface area contributed by atoms with Crippen LogP contribution in [-0.4, -0.2) is 55.8 Å². The van der Waals surface area contributed by atoms with E-state index >= 15 is 0 Å². The molecule has 0 aliphatic rings. The number of benzene rings is 2. The first-order valence-electron chi connectivity index (χ1n) is 8.73. The van der Waals surface area contributed by atoms with E-state index in [1.165, 1.54) is 38.0 Å². The Balaban J connectivity index is 1.59. The first-order valence-corrected chi connectivity index (χ1v) is 11.2. The standard InChI is InChI=1S/C19H20N4O5S2/c1-23(2)30(25,26)16-10-4-13(5-11-16)18-21-22-19(28-18)20-17(24)12-29-15-8-6-14(27-3)7-9-15/h4-11H,12H2,1-3H3,(H,20,22,24). The predicted octanol–water partition coefficient (Wildman–Crippen LogP) is 2.73. The van der Waals surface area contributed by atoms with Gasteiger partial charge in [0.2, 0.25) is 21.8 Å².